The van der Waals surface area contributed by atoms with Crippen molar-refractivity contribution < 1.29 is 43.2 Å². The standard InChI is InChI=1S/C21H28O5.C14H18O4/c1-14(2)19(22)25-13-18(26-20(23)15(3)4)12-24-17-10-8-16(9-11-17)21(5,6)7;1-10(2)14(16)18-9-12(15)8-17-13-6-4-11(3)5-7-13/h8-11,18H,1,3,12-13H2,2,4-7H3;4-7,12,15H,1,8-9H2,2-3H3. The Balaban J connectivity index is 0.000000470. The molecule has 0 aliphatic rings. The molecule has 0 aliphatic carbocycles. The van der Waals surface area contributed by atoms with E-state index in [0.717, 1.165) is 5.56 Å². The van der Waals surface area contributed by atoms with Crippen molar-refractivity contribution in [2.24, 2.45) is 0 Å². The summed E-state index contributed by atoms with van der Waals surface area (Å²) in [5, 5.41) is 9.56. The molecule has 44 heavy (non-hydrogen) atoms. The Morgan fingerprint density at radius 1 is 0.682 bits per heavy atom. The molecule has 240 valence electrons. The van der Waals surface area contributed by atoms with Gasteiger partial charge in [0.05, 0.1) is 0 Å². The number of carbonyl (C=O) groups excluding carboxylic acids is 3. The molecule has 0 bridgehead atoms. The molecule has 2 rings (SSSR count). The van der Waals surface area contributed by atoms with Crippen molar-refractivity contribution in [2.45, 2.75) is 66.1 Å². The number of benzene rings is 2. The van der Waals surface area contributed by atoms with Gasteiger partial charge >= 0.3 is 17.9 Å². The summed E-state index contributed by atoms with van der Waals surface area (Å²) in [7, 11) is 0. The molecule has 0 heterocycles. The lowest BCUT2D eigenvalue weighted by Gasteiger charge is -2.20. The molecule has 0 aliphatic heterocycles. The molecule has 0 amide bonds. The van der Waals surface area contributed by atoms with Gasteiger partial charge in [-0.25, -0.2) is 14.4 Å². The van der Waals surface area contributed by atoms with Crippen LogP contribution in [0, 0.1) is 6.92 Å². The summed E-state index contributed by atoms with van der Waals surface area (Å²) in [6.45, 7) is 23.4. The number of aliphatic hydroxyl groups is 1. The number of carbonyl (C=O) groups is 3. The summed E-state index contributed by atoms with van der Waals surface area (Å²) < 4.78 is 26.2. The van der Waals surface area contributed by atoms with E-state index in [9.17, 15) is 19.5 Å². The maximum Gasteiger partial charge on any atom is 0.333 e. The van der Waals surface area contributed by atoms with Gasteiger partial charge in [0.15, 0.2) is 6.10 Å². The summed E-state index contributed by atoms with van der Waals surface area (Å²) in [4.78, 5) is 34.4. The minimum Gasteiger partial charge on any atom is -0.491 e. The summed E-state index contributed by atoms with van der Waals surface area (Å²) in [6.07, 6.45) is -1.60. The number of aliphatic hydroxyl groups excluding tert-OH is 1. The highest BCUT2D eigenvalue weighted by Gasteiger charge is 2.19. The van der Waals surface area contributed by atoms with Crippen LogP contribution in [0.5, 0.6) is 11.5 Å². The van der Waals surface area contributed by atoms with Crippen LogP contribution in [-0.2, 0) is 34.0 Å². The molecular formula is C35H46O9. The number of rotatable bonds is 14. The van der Waals surface area contributed by atoms with Crippen LogP contribution in [0.2, 0.25) is 0 Å². The van der Waals surface area contributed by atoms with Gasteiger partial charge in [-0.15, -0.1) is 0 Å². The lowest BCUT2D eigenvalue weighted by molar-refractivity contribution is -0.155. The van der Waals surface area contributed by atoms with Crippen molar-refractivity contribution in [3.63, 3.8) is 0 Å². The maximum absolute atomic E-state index is 11.8. The third-order valence-electron chi connectivity index (χ3n) is 5.75. The highest BCUT2D eigenvalue weighted by Crippen LogP contribution is 2.24. The summed E-state index contributed by atoms with van der Waals surface area (Å²) in [6, 6.07) is 15.2. The first-order valence-electron chi connectivity index (χ1n) is 14.1. The Kier molecular flexibility index (Phi) is 15.7. The lowest BCUT2D eigenvalue weighted by Crippen LogP contribution is -2.31. The van der Waals surface area contributed by atoms with Crippen molar-refractivity contribution in [1.29, 1.82) is 0 Å². The molecule has 2 aromatic rings. The van der Waals surface area contributed by atoms with Crippen LogP contribution in [0.25, 0.3) is 0 Å². The van der Waals surface area contributed by atoms with Gasteiger partial charge in [0.1, 0.15) is 44.0 Å². The van der Waals surface area contributed by atoms with Crippen molar-refractivity contribution in [1.82, 2.24) is 0 Å². The minimum absolute atomic E-state index is 0.0504. The van der Waals surface area contributed by atoms with E-state index in [-0.39, 0.29) is 43.0 Å². The largest absolute Gasteiger partial charge is 0.491 e. The molecule has 2 unspecified atom stereocenters. The van der Waals surface area contributed by atoms with Crippen molar-refractivity contribution in [2.75, 3.05) is 26.4 Å². The SMILES string of the molecule is C=C(C)C(=O)OCC(COc1ccc(C(C)(C)C)cc1)OC(=O)C(=C)C.C=C(C)C(=O)OCC(O)COc1ccc(C)cc1. The van der Waals surface area contributed by atoms with Crippen LogP contribution in [0.15, 0.2) is 85.0 Å². The summed E-state index contributed by atoms with van der Waals surface area (Å²) in [5.74, 6) is -0.306. The van der Waals surface area contributed by atoms with Gasteiger partial charge < -0.3 is 28.8 Å². The van der Waals surface area contributed by atoms with E-state index < -0.39 is 30.1 Å². The van der Waals surface area contributed by atoms with Crippen LogP contribution in [0.3, 0.4) is 0 Å². The smallest absolute Gasteiger partial charge is 0.333 e. The van der Waals surface area contributed by atoms with E-state index in [1.54, 1.807) is 20.8 Å². The molecule has 0 saturated heterocycles. The number of aryl methyl sites for hydroxylation is 1. The van der Waals surface area contributed by atoms with Crippen molar-refractivity contribution in [3.05, 3.63) is 96.1 Å². The van der Waals surface area contributed by atoms with E-state index in [0.29, 0.717) is 17.1 Å². The monoisotopic (exact) mass is 610 g/mol. The second-order valence-electron chi connectivity index (χ2n) is 11.4. The van der Waals surface area contributed by atoms with E-state index in [1.165, 1.54) is 5.56 Å². The van der Waals surface area contributed by atoms with E-state index >= 15 is 0 Å². The number of esters is 3. The average Bonchev–Trinajstić information content (AvgIpc) is 2.96. The van der Waals surface area contributed by atoms with Crippen LogP contribution < -0.4 is 9.47 Å². The molecule has 2 aromatic carbocycles. The Morgan fingerprint density at radius 3 is 1.57 bits per heavy atom. The highest BCUT2D eigenvalue weighted by molar-refractivity contribution is 5.88. The van der Waals surface area contributed by atoms with Gasteiger partial charge in [-0.2, -0.15) is 0 Å². The summed E-state index contributed by atoms with van der Waals surface area (Å²) in [5.41, 5.74) is 3.21. The lowest BCUT2D eigenvalue weighted by atomic mass is 9.87. The van der Waals surface area contributed by atoms with Gasteiger partial charge in [-0.05, 0) is 62.9 Å². The minimum atomic E-state index is -0.852. The average molecular weight is 611 g/mol. The predicted octanol–water partition coefficient (Wildman–Crippen LogP) is 5.82. The molecule has 9 heteroatoms. The molecule has 0 spiro atoms. The highest BCUT2D eigenvalue weighted by atomic mass is 16.6. The Bertz CT molecular complexity index is 1270. The Labute approximate surface area is 261 Å². The molecule has 0 fully saturated rings. The van der Waals surface area contributed by atoms with Gasteiger partial charge in [0.25, 0.3) is 0 Å². The number of hydrogen-bond donors (Lipinski definition) is 1. The second-order valence-corrected chi connectivity index (χ2v) is 11.4. The number of hydrogen-bond acceptors (Lipinski definition) is 9. The zero-order chi connectivity index (χ0) is 33.4. The number of ether oxygens (including phenoxy) is 5. The zero-order valence-electron chi connectivity index (χ0n) is 26.9. The fourth-order valence-electron chi connectivity index (χ4n) is 3.07. The van der Waals surface area contributed by atoms with Crippen LogP contribution in [0.1, 0.15) is 52.7 Å². The quantitative estimate of drug-likeness (QED) is 0.160. The van der Waals surface area contributed by atoms with E-state index in [1.807, 2.05) is 55.5 Å². The molecular weight excluding hydrogens is 564 g/mol. The van der Waals surface area contributed by atoms with E-state index in [4.69, 9.17) is 23.7 Å². The normalized spacial score (nSPS) is 11.9. The third-order valence-corrected chi connectivity index (χ3v) is 5.75. The van der Waals surface area contributed by atoms with Crippen molar-refractivity contribution in [3.8, 4) is 11.5 Å². The topological polar surface area (TPSA) is 118 Å². The van der Waals surface area contributed by atoms with E-state index in [2.05, 4.69) is 40.5 Å². The zero-order valence-corrected chi connectivity index (χ0v) is 26.9. The molecule has 9 nitrogen and oxygen atoms in total. The van der Waals surface area contributed by atoms with Crippen LogP contribution in [-0.4, -0.2) is 61.6 Å². The first kappa shape index (κ1) is 37.7. The third kappa shape index (κ3) is 15.2. The van der Waals surface area contributed by atoms with Crippen LogP contribution >= 0.6 is 0 Å². The molecule has 0 aromatic heterocycles. The molecule has 0 saturated carbocycles. The maximum atomic E-state index is 11.8. The van der Waals surface area contributed by atoms with Crippen molar-refractivity contribution >= 4 is 17.9 Å². The fourth-order valence-corrected chi connectivity index (χ4v) is 3.07. The Morgan fingerprint density at radius 2 is 1.11 bits per heavy atom. The second kappa shape index (κ2) is 18.3. The molecule has 2 atom stereocenters. The molecule has 1 N–H and O–H groups in total. The van der Waals surface area contributed by atoms with Crippen LogP contribution in [0.4, 0.5) is 0 Å². The van der Waals surface area contributed by atoms with Gasteiger partial charge in [-0.1, -0.05) is 70.3 Å². The fraction of sp³-hybridized carbons (Fsp3) is 0.400. The predicted molar refractivity (Wildman–Crippen MR) is 170 cm³/mol. The molecule has 0 radical (unpaired) electrons. The summed E-state index contributed by atoms with van der Waals surface area (Å²) >= 11 is 0. The Hall–Kier alpha value is -4.37. The van der Waals surface area contributed by atoms with Gasteiger partial charge in [0, 0.05) is 16.7 Å². The first-order chi connectivity index (χ1) is 20.5. The first-order valence-corrected chi connectivity index (χ1v) is 14.1. The van der Waals surface area contributed by atoms with Gasteiger partial charge in [0.2, 0.25) is 0 Å². The van der Waals surface area contributed by atoms with Gasteiger partial charge in [-0.3, -0.25) is 0 Å².